The van der Waals surface area contributed by atoms with E-state index in [9.17, 15) is 35.1 Å². The van der Waals surface area contributed by atoms with Crippen molar-refractivity contribution in [3.8, 4) is 0 Å². The second kappa shape index (κ2) is 60.8. The normalized spacial score (nSPS) is 19.0. The maximum atomic E-state index is 13.5. The van der Waals surface area contributed by atoms with Crippen molar-refractivity contribution >= 4 is 11.9 Å². The van der Waals surface area contributed by atoms with Gasteiger partial charge in [-0.3, -0.25) is 9.59 Å². The minimum absolute atomic E-state index is 0.112. The summed E-state index contributed by atoms with van der Waals surface area (Å²) in [5.74, 6) is -1.22. The van der Waals surface area contributed by atoms with Gasteiger partial charge in [0.25, 0.3) is 0 Å². The smallest absolute Gasteiger partial charge is 0.306 e. The molecule has 8 atom stereocenters. The van der Waals surface area contributed by atoms with Gasteiger partial charge < -0.3 is 45.1 Å². The predicted molar refractivity (Wildman–Crippen MR) is 356 cm³/mol. The summed E-state index contributed by atoms with van der Waals surface area (Å²) in [7, 11) is 0. The van der Waals surface area contributed by atoms with Gasteiger partial charge in [0, 0.05) is 6.42 Å². The van der Waals surface area contributed by atoms with Crippen molar-refractivity contribution < 1.29 is 49.3 Å². The fourth-order valence-electron chi connectivity index (χ4n) is 10.4. The summed E-state index contributed by atoms with van der Waals surface area (Å²) in [6, 6.07) is -1.04. The second-order valence-corrected chi connectivity index (χ2v) is 23.9. The summed E-state index contributed by atoms with van der Waals surface area (Å²) in [6.45, 7) is 5.74. The predicted octanol–water partition coefficient (Wildman–Crippen LogP) is 17.8. The van der Waals surface area contributed by atoms with Crippen LogP contribution in [0.15, 0.2) is 97.2 Å². The number of hydrogen-bond acceptors (Lipinski definition) is 10. The Kier molecular flexibility index (Phi) is 57.0. The van der Waals surface area contributed by atoms with Crippen molar-refractivity contribution in [2.24, 2.45) is 0 Å². The Labute approximate surface area is 520 Å². The van der Waals surface area contributed by atoms with Crippen molar-refractivity contribution in [3.05, 3.63) is 97.2 Å². The summed E-state index contributed by atoms with van der Waals surface area (Å²) in [6.07, 6.45) is 71.4. The average molecular weight is 1190 g/mol. The SMILES string of the molecule is CCCCC/C=C\C/C=C\C/C=C\C/C=C\CCCCCCC(O)C(=O)NC(COC1OC(CO)C(O)C(O)C1OC(=O)CCCCCCCCCCCC/C=C\C/C=C\C/C=C\CCCCC)C(O)/C=C/CCCCCCCCCCCCC. The fraction of sp³-hybridized carbons (Fsp3) is 0.757. The molecule has 0 aromatic rings. The van der Waals surface area contributed by atoms with Crippen LogP contribution >= 0.6 is 0 Å². The molecule has 0 radical (unpaired) electrons. The molecule has 1 aliphatic rings. The van der Waals surface area contributed by atoms with E-state index in [1.54, 1.807) is 6.08 Å². The topological polar surface area (TPSA) is 175 Å². The number of nitrogens with one attached hydrogen (secondary N) is 1. The van der Waals surface area contributed by atoms with E-state index < -0.39 is 67.4 Å². The highest BCUT2D eigenvalue weighted by atomic mass is 16.7. The number of esters is 1. The average Bonchev–Trinajstić information content (AvgIpc) is 3.12. The van der Waals surface area contributed by atoms with Crippen LogP contribution in [0, 0.1) is 0 Å². The van der Waals surface area contributed by atoms with Gasteiger partial charge in [-0.05, 0) is 109 Å². The van der Waals surface area contributed by atoms with Gasteiger partial charge in [-0.15, -0.1) is 0 Å². The molecule has 6 N–H and O–H groups in total. The highest BCUT2D eigenvalue weighted by Crippen LogP contribution is 2.26. The van der Waals surface area contributed by atoms with E-state index in [2.05, 4.69) is 111 Å². The van der Waals surface area contributed by atoms with Crippen LogP contribution in [0.3, 0.4) is 0 Å². The summed E-state index contributed by atoms with van der Waals surface area (Å²) in [5, 5.41) is 57.2. The maximum Gasteiger partial charge on any atom is 0.306 e. The number of rotatable bonds is 59. The molecule has 0 aromatic heterocycles. The maximum absolute atomic E-state index is 13.5. The van der Waals surface area contributed by atoms with Gasteiger partial charge in [0.2, 0.25) is 5.91 Å². The minimum atomic E-state index is -1.62. The third-order valence-corrected chi connectivity index (χ3v) is 16.0. The molecule has 0 bridgehead atoms. The Balaban J connectivity index is 2.63. The molecular weight excluding hydrogens is 1060 g/mol. The molecule has 1 rings (SSSR count). The van der Waals surface area contributed by atoms with Crippen LogP contribution in [0.4, 0.5) is 0 Å². The lowest BCUT2D eigenvalue weighted by molar-refractivity contribution is -0.305. The van der Waals surface area contributed by atoms with E-state index in [4.69, 9.17) is 14.2 Å². The summed E-state index contributed by atoms with van der Waals surface area (Å²) in [4.78, 5) is 26.7. The van der Waals surface area contributed by atoms with Crippen molar-refractivity contribution in [1.29, 1.82) is 0 Å². The van der Waals surface area contributed by atoms with Crippen molar-refractivity contribution in [3.63, 3.8) is 0 Å². The van der Waals surface area contributed by atoms with E-state index in [1.165, 1.54) is 141 Å². The molecule has 490 valence electrons. The first kappa shape index (κ1) is 79.6. The molecular formula is C74H129NO10. The van der Waals surface area contributed by atoms with E-state index in [0.29, 0.717) is 12.8 Å². The van der Waals surface area contributed by atoms with Crippen molar-refractivity contribution in [2.45, 2.75) is 346 Å². The standard InChI is InChI=1S/C74H129NO10/c1-4-7-10-13-16-19-22-25-27-29-31-33-34-35-37-39-41-44-47-50-53-56-59-62-69(79)85-72-71(81)70(80)68(63-76)84-74(72)83-64-65(66(77)60-57-54-51-48-45-42-24-21-18-15-12-9-6-3)75-73(82)67(78)61-58-55-52-49-46-43-40-38-36-32-30-28-26-23-20-17-14-11-8-5-2/h16-17,19-20,25-28,31-33,36,40,43,57,60,65-68,70-72,74,76-78,80-81H,4-15,18,21-24,29-30,34-35,37-39,41-42,44-56,58-59,61-64H2,1-3H3,(H,75,82)/b19-16-,20-17-,27-25-,28-26-,33-31-,36-32-,43-40-,60-57+. The zero-order valence-electron chi connectivity index (χ0n) is 54.5. The Morgan fingerprint density at radius 1 is 0.459 bits per heavy atom. The van der Waals surface area contributed by atoms with Gasteiger partial charge in [0.15, 0.2) is 12.4 Å². The van der Waals surface area contributed by atoms with Gasteiger partial charge in [-0.25, -0.2) is 0 Å². The number of allylic oxidation sites excluding steroid dienone is 15. The molecule has 0 aliphatic carbocycles. The third kappa shape index (κ3) is 48.2. The molecule has 0 spiro atoms. The Hall–Kier alpha value is -3.42. The molecule has 1 aliphatic heterocycles. The van der Waals surface area contributed by atoms with E-state index in [1.807, 2.05) is 6.08 Å². The lowest BCUT2D eigenvalue weighted by atomic mass is 9.99. The number of amides is 1. The summed E-state index contributed by atoms with van der Waals surface area (Å²) in [5.41, 5.74) is 0. The van der Waals surface area contributed by atoms with Gasteiger partial charge in [0.05, 0.1) is 25.4 Å². The molecule has 1 saturated heterocycles. The van der Waals surface area contributed by atoms with Gasteiger partial charge >= 0.3 is 5.97 Å². The molecule has 1 fully saturated rings. The minimum Gasteiger partial charge on any atom is -0.454 e. The quantitative estimate of drug-likeness (QED) is 0.0195. The van der Waals surface area contributed by atoms with Gasteiger partial charge in [0.1, 0.15) is 24.4 Å². The number of aliphatic hydroxyl groups is 5. The van der Waals surface area contributed by atoms with Crippen molar-refractivity contribution in [2.75, 3.05) is 13.2 Å². The molecule has 0 saturated carbocycles. The second-order valence-electron chi connectivity index (χ2n) is 23.9. The first-order chi connectivity index (χ1) is 41.7. The van der Waals surface area contributed by atoms with E-state index in [0.717, 1.165) is 109 Å². The first-order valence-corrected chi connectivity index (χ1v) is 35.0. The Morgan fingerprint density at radius 2 is 0.812 bits per heavy atom. The monoisotopic (exact) mass is 1190 g/mol. The molecule has 1 amide bonds. The van der Waals surface area contributed by atoms with Crippen LogP contribution in [0.1, 0.15) is 297 Å². The zero-order valence-corrected chi connectivity index (χ0v) is 54.5. The van der Waals surface area contributed by atoms with Crippen LogP contribution in [-0.2, 0) is 23.8 Å². The van der Waals surface area contributed by atoms with Gasteiger partial charge in [-0.1, -0.05) is 279 Å². The zero-order chi connectivity index (χ0) is 61.7. The number of hydrogen-bond donors (Lipinski definition) is 6. The molecule has 85 heavy (non-hydrogen) atoms. The third-order valence-electron chi connectivity index (χ3n) is 16.0. The van der Waals surface area contributed by atoms with Crippen LogP contribution in [-0.4, -0.2) is 99.6 Å². The lowest BCUT2D eigenvalue weighted by Gasteiger charge is -2.41. The number of carbonyl (C=O) groups is 2. The van der Waals surface area contributed by atoms with Crippen molar-refractivity contribution in [1.82, 2.24) is 5.32 Å². The number of carbonyl (C=O) groups excluding carboxylic acids is 2. The highest BCUT2D eigenvalue weighted by molar-refractivity contribution is 5.80. The summed E-state index contributed by atoms with van der Waals surface area (Å²) >= 11 is 0. The number of unbranched alkanes of at least 4 members (excludes halogenated alkanes) is 31. The fourth-order valence-corrected chi connectivity index (χ4v) is 10.4. The molecule has 8 unspecified atom stereocenters. The summed E-state index contributed by atoms with van der Waals surface area (Å²) < 4.78 is 17.7. The van der Waals surface area contributed by atoms with Crippen LogP contribution < -0.4 is 5.32 Å². The lowest BCUT2D eigenvalue weighted by Crippen LogP contribution is -2.61. The highest BCUT2D eigenvalue weighted by Gasteiger charge is 2.47. The van der Waals surface area contributed by atoms with Crippen LogP contribution in [0.2, 0.25) is 0 Å². The Morgan fingerprint density at radius 3 is 1.24 bits per heavy atom. The van der Waals surface area contributed by atoms with E-state index in [-0.39, 0.29) is 19.4 Å². The number of ether oxygens (including phenoxy) is 3. The van der Waals surface area contributed by atoms with Crippen LogP contribution in [0.25, 0.3) is 0 Å². The van der Waals surface area contributed by atoms with Crippen LogP contribution in [0.5, 0.6) is 0 Å². The number of aliphatic hydroxyl groups excluding tert-OH is 5. The molecule has 11 nitrogen and oxygen atoms in total. The molecule has 0 aromatic carbocycles. The largest absolute Gasteiger partial charge is 0.454 e. The molecule has 1 heterocycles. The van der Waals surface area contributed by atoms with Gasteiger partial charge in [-0.2, -0.15) is 0 Å². The van der Waals surface area contributed by atoms with E-state index >= 15 is 0 Å². The first-order valence-electron chi connectivity index (χ1n) is 35.0. The Bertz CT molecular complexity index is 1750. The molecule has 11 heteroatoms.